The fraction of sp³-hybridized carbons (Fsp3) is 0.625. The van der Waals surface area contributed by atoms with Crippen LogP contribution < -0.4 is 10.1 Å². The molecule has 0 spiro atoms. The Labute approximate surface area is 128 Å². The highest BCUT2D eigenvalue weighted by Crippen LogP contribution is 2.26. The fourth-order valence-electron chi connectivity index (χ4n) is 3.28. The maximum atomic E-state index is 13.3. The Morgan fingerprint density at radius 1 is 1.23 bits per heavy atom. The van der Waals surface area contributed by atoms with Crippen LogP contribution in [0.4, 0.5) is 13.2 Å². The molecule has 0 aromatic heterocycles. The first kappa shape index (κ1) is 15.6. The summed E-state index contributed by atoms with van der Waals surface area (Å²) in [7, 11) is 0. The van der Waals surface area contributed by atoms with Gasteiger partial charge in [0.25, 0.3) is 6.43 Å². The zero-order chi connectivity index (χ0) is 15.5. The van der Waals surface area contributed by atoms with Crippen LogP contribution in [0.2, 0.25) is 0 Å². The third-order valence-electron chi connectivity index (χ3n) is 4.38. The number of alkyl halides is 2. The molecule has 1 unspecified atom stereocenters. The molecule has 122 valence electrons. The van der Waals surface area contributed by atoms with Crippen molar-refractivity contribution >= 4 is 0 Å². The molecule has 3 rings (SSSR count). The number of rotatable bonds is 4. The van der Waals surface area contributed by atoms with Gasteiger partial charge < -0.3 is 10.1 Å². The van der Waals surface area contributed by atoms with Gasteiger partial charge in [0.2, 0.25) is 0 Å². The summed E-state index contributed by atoms with van der Waals surface area (Å²) in [6, 6.07) is 5.07. The van der Waals surface area contributed by atoms with Crippen LogP contribution in [0.15, 0.2) is 18.2 Å². The van der Waals surface area contributed by atoms with Crippen molar-refractivity contribution in [1.29, 1.82) is 0 Å². The number of benzene rings is 1. The Balaban J connectivity index is 1.49. The summed E-state index contributed by atoms with van der Waals surface area (Å²) in [6.45, 7) is 1.82. The molecule has 0 bridgehead atoms. The van der Waals surface area contributed by atoms with E-state index in [-0.39, 0.29) is 18.4 Å². The molecule has 0 amide bonds. The zero-order valence-corrected chi connectivity index (χ0v) is 12.4. The lowest BCUT2D eigenvalue weighted by atomic mass is 9.99. The van der Waals surface area contributed by atoms with Gasteiger partial charge in [-0.15, -0.1) is 0 Å². The van der Waals surface area contributed by atoms with E-state index in [4.69, 9.17) is 4.74 Å². The van der Waals surface area contributed by atoms with Gasteiger partial charge in [0, 0.05) is 12.1 Å². The van der Waals surface area contributed by atoms with Crippen molar-refractivity contribution in [3.63, 3.8) is 0 Å². The summed E-state index contributed by atoms with van der Waals surface area (Å²) in [5.41, 5.74) is 0.888. The molecule has 6 heteroatoms. The molecule has 0 aliphatic carbocycles. The molecule has 2 aliphatic rings. The summed E-state index contributed by atoms with van der Waals surface area (Å²) in [4.78, 5) is 1.81. The molecular formula is C16H21F3N2O. The largest absolute Gasteiger partial charge is 0.492 e. The molecule has 22 heavy (non-hydrogen) atoms. The van der Waals surface area contributed by atoms with Crippen molar-refractivity contribution < 1.29 is 17.9 Å². The number of ether oxygens (including phenoxy) is 1. The summed E-state index contributed by atoms with van der Waals surface area (Å²) in [6.07, 6.45) is 0.200. The van der Waals surface area contributed by atoms with Gasteiger partial charge in [-0.1, -0.05) is 0 Å². The minimum atomic E-state index is -2.26. The van der Waals surface area contributed by atoms with E-state index in [0.717, 1.165) is 30.6 Å². The third-order valence-corrected chi connectivity index (χ3v) is 4.38. The van der Waals surface area contributed by atoms with Gasteiger partial charge in [-0.05, 0) is 56.1 Å². The van der Waals surface area contributed by atoms with Crippen molar-refractivity contribution in [2.24, 2.45) is 0 Å². The summed E-state index contributed by atoms with van der Waals surface area (Å²) in [5, 5.41) is 3.53. The SMILES string of the molecule is Fc1ccc2c(c1)CC(NC1CCN(CC(F)F)CC1)CO2. The topological polar surface area (TPSA) is 24.5 Å². The van der Waals surface area contributed by atoms with E-state index in [1.807, 2.05) is 4.90 Å². The maximum absolute atomic E-state index is 13.3. The smallest absolute Gasteiger partial charge is 0.251 e. The second kappa shape index (κ2) is 6.87. The molecule has 1 saturated heterocycles. The van der Waals surface area contributed by atoms with Crippen LogP contribution in [-0.4, -0.2) is 49.7 Å². The maximum Gasteiger partial charge on any atom is 0.251 e. The van der Waals surface area contributed by atoms with Crippen LogP contribution in [0.1, 0.15) is 18.4 Å². The highest BCUT2D eigenvalue weighted by Gasteiger charge is 2.26. The van der Waals surface area contributed by atoms with Crippen LogP contribution in [0, 0.1) is 5.82 Å². The first-order valence-corrected chi connectivity index (χ1v) is 7.78. The van der Waals surface area contributed by atoms with Crippen molar-refractivity contribution in [1.82, 2.24) is 10.2 Å². The van der Waals surface area contributed by atoms with Gasteiger partial charge in [0.1, 0.15) is 18.2 Å². The van der Waals surface area contributed by atoms with Crippen LogP contribution in [0.5, 0.6) is 5.75 Å². The normalized spacial score (nSPS) is 23.4. The lowest BCUT2D eigenvalue weighted by molar-refractivity contribution is 0.0708. The number of fused-ring (bicyclic) bond motifs is 1. The number of likely N-dealkylation sites (tertiary alicyclic amines) is 1. The highest BCUT2D eigenvalue weighted by molar-refractivity contribution is 5.36. The molecule has 2 aliphatic heterocycles. The lowest BCUT2D eigenvalue weighted by Gasteiger charge is -2.35. The predicted octanol–water partition coefficient (Wildman–Crippen LogP) is 2.45. The molecule has 1 aromatic carbocycles. The minimum absolute atomic E-state index is 0.133. The Kier molecular flexibility index (Phi) is 4.88. The quantitative estimate of drug-likeness (QED) is 0.924. The van der Waals surface area contributed by atoms with Crippen LogP contribution in [0.25, 0.3) is 0 Å². The van der Waals surface area contributed by atoms with Gasteiger partial charge >= 0.3 is 0 Å². The van der Waals surface area contributed by atoms with E-state index in [2.05, 4.69) is 5.32 Å². The molecule has 3 nitrogen and oxygen atoms in total. The molecule has 0 saturated carbocycles. The number of hydrogen-bond acceptors (Lipinski definition) is 3. The Hall–Kier alpha value is -1.27. The predicted molar refractivity (Wildman–Crippen MR) is 78.0 cm³/mol. The molecular weight excluding hydrogens is 293 g/mol. The number of hydrogen-bond donors (Lipinski definition) is 1. The van der Waals surface area contributed by atoms with E-state index in [9.17, 15) is 13.2 Å². The molecule has 2 heterocycles. The molecule has 1 N–H and O–H groups in total. The van der Waals surface area contributed by atoms with Crippen molar-refractivity contribution in [3.05, 3.63) is 29.6 Å². The Morgan fingerprint density at radius 3 is 2.73 bits per heavy atom. The minimum Gasteiger partial charge on any atom is -0.492 e. The summed E-state index contributed by atoms with van der Waals surface area (Å²) >= 11 is 0. The van der Waals surface area contributed by atoms with Gasteiger partial charge in [0.15, 0.2) is 0 Å². The van der Waals surface area contributed by atoms with Gasteiger partial charge in [-0.25, -0.2) is 13.2 Å². The van der Waals surface area contributed by atoms with Crippen molar-refractivity contribution in [2.75, 3.05) is 26.2 Å². The molecule has 1 aromatic rings. The van der Waals surface area contributed by atoms with Crippen molar-refractivity contribution in [2.45, 2.75) is 37.8 Å². The van der Waals surface area contributed by atoms with E-state index in [1.165, 1.54) is 12.1 Å². The fourth-order valence-corrected chi connectivity index (χ4v) is 3.28. The first-order chi connectivity index (χ1) is 10.6. The first-order valence-electron chi connectivity index (χ1n) is 7.78. The molecule has 0 radical (unpaired) electrons. The van der Waals surface area contributed by atoms with E-state index < -0.39 is 6.43 Å². The van der Waals surface area contributed by atoms with Crippen LogP contribution in [-0.2, 0) is 6.42 Å². The van der Waals surface area contributed by atoms with Gasteiger partial charge in [-0.2, -0.15) is 0 Å². The average molecular weight is 314 g/mol. The summed E-state index contributed by atoms with van der Waals surface area (Å²) in [5.74, 6) is 0.509. The number of halogens is 3. The monoisotopic (exact) mass is 314 g/mol. The standard InChI is InChI=1S/C16H21F3N2O/c17-12-1-2-15-11(7-12)8-14(10-22-15)20-13-3-5-21(6-4-13)9-16(18)19/h1-2,7,13-14,16,20H,3-6,8-10H2. The van der Waals surface area contributed by atoms with E-state index in [1.54, 1.807) is 6.07 Å². The second-order valence-electron chi connectivity index (χ2n) is 6.10. The average Bonchev–Trinajstić information content (AvgIpc) is 2.48. The summed E-state index contributed by atoms with van der Waals surface area (Å²) < 4.78 is 43.7. The van der Waals surface area contributed by atoms with E-state index in [0.29, 0.717) is 25.7 Å². The van der Waals surface area contributed by atoms with Crippen LogP contribution in [0.3, 0.4) is 0 Å². The van der Waals surface area contributed by atoms with Gasteiger partial charge in [0.05, 0.1) is 6.54 Å². The Bertz CT molecular complexity index is 504. The van der Waals surface area contributed by atoms with Crippen LogP contribution >= 0.6 is 0 Å². The number of nitrogens with zero attached hydrogens (tertiary/aromatic N) is 1. The van der Waals surface area contributed by atoms with E-state index >= 15 is 0 Å². The Morgan fingerprint density at radius 2 is 2.00 bits per heavy atom. The highest BCUT2D eigenvalue weighted by atomic mass is 19.3. The number of piperidine rings is 1. The lowest BCUT2D eigenvalue weighted by Crippen LogP contribution is -2.50. The van der Waals surface area contributed by atoms with Crippen molar-refractivity contribution in [3.8, 4) is 5.75 Å². The zero-order valence-electron chi connectivity index (χ0n) is 12.4. The molecule has 1 fully saturated rings. The number of nitrogens with one attached hydrogen (secondary N) is 1. The van der Waals surface area contributed by atoms with Gasteiger partial charge in [-0.3, -0.25) is 4.90 Å². The second-order valence-corrected chi connectivity index (χ2v) is 6.10. The third kappa shape index (κ3) is 3.93. The molecule has 1 atom stereocenters.